The Morgan fingerprint density at radius 3 is 2.38 bits per heavy atom. The lowest BCUT2D eigenvalue weighted by Crippen LogP contribution is -2.19. The van der Waals surface area contributed by atoms with E-state index in [2.05, 4.69) is 5.32 Å². The maximum absolute atomic E-state index is 9.16. The molecule has 0 radical (unpaired) electrons. The Kier molecular flexibility index (Phi) is 5.34. The minimum absolute atomic E-state index is 0.117. The second-order valence-corrected chi connectivity index (χ2v) is 2.42. The summed E-state index contributed by atoms with van der Waals surface area (Å²) in [4.78, 5) is 0. The molecule has 0 saturated heterocycles. The number of nitriles is 2. The van der Waals surface area contributed by atoms with Crippen molar-refractivity contribution in [1.29, 1.82) is 10.5 Å². The van der Waals surface area contributed by atoms with Crippen LogP contribution in [0.4, 0.5) is 0 Å². The Labute approximate surface area is 78.1 Å². The first kappa shape index (κ1) is 11.5. The van der Waals surface area contributed by atoms with E-state index >= 15 is 0 Å². The van der Waals surface area contributed by atoms with Gasteiger partial charge in [0.25, 0.3) is 0 Å². The summed E-state index contributed by atoms with van der Waals surface area (Å²) in [6, 6.07) is 3.46. The molecule has 0 aliphatic carbocycles. The van der Waals surface area contributed by atoms with Gasteiger partial charge in [-0.15, -0.1) is 0 Å². The molecule has 0 aliphatic heterocycles. The van der Waals surface area contributed by atoms with Crippen molar-refractivity contribution < 1.29 is 5.11 Å². The molecule has 0 bridgehead atoms. The topological polar surface area (TPSA) is 79.8 Å². The lowest BCUT2D eigenvalue weighted by atomic mass is 10.1. The van der Waals surface area contributed by atoms with E-state index in [9.17, 15) is 0 Å². The smallest absolute Gasteiger partial charge is 0.177 e. The molecular formula is C9H13N3O. The highest BCUT2D eigenvalue weighted by molar-refractivity contribution is 5.34. The van der Waals surface area contributed by atoms with Crippen LogP contribution in [0.5, 0.6) is 0 Å². The van der Waals surface area contributed by atoms with Crippen LogP contribution < -0.4 is 5.32 Å². The Morgan fingerprint density at radius 1 is 1.46 bits per heavy atom. The van der Waals surface area contributed by atoms with Gasteiger partial charge in [-0.05, 0) is 13.3 Å². The summed E-state index contributed by atoms with van der Waals surface area (Å²) < 4.78 is 0. The van der Waals surface area contributed by atoms with Crippen molar-refractivity contribution in [2.45, 2.75) is 26.4 Å². The normalized spacial score (nSPS) is 13.6. The van der Waals surface area contributed by atoms with Crippen molar-refractivity contribution in [1.82, 2.24) is 5.32 Å². The van der Waals surface area contributed by atoms with Crippen LogP contribution in [-0.4, -0.2) is 17.8 Å². The fraction of sp³-hybridized carbons (Fsp3) is 0.556. The van der Waals surface area contributed by atoms with E-state index in [0.717, 1.165) is 0 Å². The Bertz CT molecular complexity index is 270. The van der Waals surface area contributed by atoms with Gasteiger partial charge in [0.2, 0.25) is 0 Å². The van der Waals surface area contributed by atoms with Crippen LogP contribution in [0.1, 0.15) is 20.3 Å². The molecule has 0 aliphatic rings. The van der Waals surface area contributed by atoms with Gasteiger partial charge in [-0.25, -0.2) is 0 Å². The predicted molar refractivity (Wildman–Crippen MR) is 48.2 cm³/mol. The molecule has 4 heteroatoms. The third kappa shape index (κ3) is 3.14. The highest BCUT2D eigenvalue weighted by Gasteiger charge is 2.13. The Morgan fingerprint density at radius 2 is 2.08 bits per heavy atom. The molecule has 0 spiro atoms. The third-order valence-electron chi connectivity index (χ3n) is 1.59. The monoisotopic (exact) mass is 179 g/mol. The van der Waals surface area contributed by atoms with Crippen molar-refractivity contribution in [2.24, 2.45) is 0 Å². The lowest BCUT2D eigenvalue weighted by molar-refractivity contribution is 0.268. The fourth-order valence-corrected chi connectivity index (χ4v) is 0.982. The molecule has 13 heavy (non-hydrogen) atoms. The van der Waals surface area contributed by atoms with Gasteiger partial charge in [0, 0.05) is 12.2 Å². The summed E-state index contributed by atoms with van der Waals surface area (Å²) in [5, 5.41) is 29.2. The molecule has 0 amide bonds. The highest BCUT2D eigenvalue weighted by Crippen LogP contribution is 2.08. The molecule has 1 atom stereocenters. The SMILES string of the molecule is CCNC(CC)=C(C#N)C(O)C#N. The fourth-order valence-electron chi connectivity index (χ4n) is 0.982. The maximum Gasteiger partial charge on any atom is 0.177 e. The van der Waals surface area contributed by atoms with Crippen LogP contribution in [0.2, 0.25) is 0 Å². The number of hydrogen-bond donors (Lipinski definition) is 2. The van der Waals surface area contributed by atoms with Crippen LogP contribution in [0.25, 0.3) is 0 Å². The van der Waals surface area contributed by atoms with Gasteiger partial charge in [-0.3, -0.25) is 0 Å². The quantitative estimate of drug-likeness (QED) is 0.491. The summed E-state index contributed by atoms with van der Waals surface area (Å²) in [7, 11) is 0. The van der Waals surface area contributed by atoms with E-state index in [4.69, 9.17) is 15.6 Å². The molecule has 0 aromatic carbocycles. The van der Waals surface area contributed by atoms with E-state index in [0.29, 0.717) is 18.7 Å². The molecule has 0 heterocycles. The molecule has 0 rings (SSSR count). The average molecular weight is 179 g/mol. The summed E-state index contributed by atoms with van der Waals surface area (Å²) in [5.41, 5.74) is 0.755. The van der Waals surface area contributed by atoms with Crippen LogP contribution in [-0.2, 0) is 0 Å². The van der Waals surface area contributed by atoms with Crippen molar-refractivity contribution in [3.05, 3.63) is 11.3 Å². The molecule has 2 N–H and O–H groups in total. The van der Waals surface area contributed by atoms with Gasteiger partial charge in [-0.2, -0.15) is 10.5 Å². The highest BCUT2D eigenvalue weighted by atomic mass is 16.3. The molecule has 70 valence electrons. The van der Waals surface area contributed by atoms with Gasteiger partial charge in [-0.1, -0.05) is 6.92 Å². The Balaban J connectivity index is 4.87. The lowest BCUT2D eigenvalue weighted by Gasteiger charge is -2.10. The minimum Gasteiger partial charge on any atom is -0.388 e. The minimum atomic E-state index is -1.32. The number of allylic oxidation sites excluding steroid dienone is 1. The van der Waals surface area contributed by atoms with Gasteiger partial charge in [0.15, 0.2) is 6.10 Å². The van der Waals surface area contributed by atoms with E-state index < -0.39 is 6.10 Å². The predicted octanol–water partition coefficient (Wildman–Crippen LogP) is 0.668. The number of aliphatic hydroxyl groups excluding tert-OH is 1. The number of nitrogens with one attached hydrogen (secondary N) is 1. The first-order valence-corrected chi connectivity index (χ1v) is 4.15. The molecular weight excluding hydrogens is 166 g/mol. The number of hydrogen-bond acceptors (Lipinski definition) is 4. The zero-order chi connectivity index (χ0) is 10.3. The summed E-state index contributed by atoms with van der Waals surface area (Å²) in [6.45, 7) is 4.43. The molecule has 0 saturated carbocycles. The van der Waals surface area contributed by atoms with E-state index in [-0.39, 0.29) is 5.57 Å². The molecule has 4 nitrogen and oxygen atoms in total. The summed E-state index contributed by atoms with van der Waals surface area (Å²) in [6.07, 6.45) is -0.714. The zero-order valence-electron chi connectivity index (χ0n) is 7.83. The zero-order valence-corrected chi connectivity index (χ0v) is 7.83. The molecule has 0 fully saturated rings. The van der Waals surface area contributed by atoms with Gasteiger partial charge < -0.3 is 10.4 Å². The standard InChI is InChI=1S/C9H13N3O/c1-3-8(12-4-2)7(5-10)9(13)6-11/h9,12-13H,3-4H2,1-2H3. The second kappa shape index (κ2) is 6.05. The van der Waals surface area contributed by atoms with Crippen LogP contribution in [0, 0.1) is 22.7 Å². The number of nitrogens with zero attached hydrogens (tertiary/aromatic N) is 2. The van der Waals surface area contributed by atoms with E-state index in [1.807, 2.05) is 19.9 Å². The first-order valence-electron chi connectivity index (χ1n) is 4.15. The molecule has 1 unspecified atom stereocenters. The maximum atomic E-state index is 9.16. The van der Waals surface area contributed by atoms with Crippen LogP contribution in [0.15, 0.2) is 11.3 Å². The first-order chi connectivity index (χ1) is 6.21. The van der Waals surface area contributed by atoms with Crippen molar-refractivity contribution in [3.63, 3.8) is 0 Å². The molecule has 0 aromatic heterocycles. The summed E-state index contributed by atoms with van der Waals surface area (Å²) in [5.74, 6) is 0. The van der Waals surface area contributed by atoms with Crippen LogP contribution in [0.3, 0.4) is 0 Å². The van der Waals surface area contributed by atoms with Crippen molar-refractivity contribution in [2.75, 3.05) is 6.54 Å². The second-order valence-electron chi connectivity index (χ2n) is 2.42. The largest absolute Gasteiger partial charge is 0.388 e. The van der Waals surface area contributed by atoms with Crippen molar-refractivity contribution >= 4 is 0 Å². The number of rotatable bonds is 4. The van der Waals surface area contributed by atoms with Crippen molar-refractivity contribution in [3.8, 4) is 12.1 Å². The Hall–Kier alpha value is -1.52. The summed E-state index contributed by atoms with van der Waals surface area (Å²) >= 11 is 0. The van der Waals surface area contributed by atoms with Gasteiger partial charge in [0.05, 0.1) is 11.6 Å². The van der Waals surface area contributed by atoms with Gasteiger partial charge >= 0.3 is 0 Å². The average Bonchev–Trinajstić information content (AvgIpc) is 2.17. The van der Waals surface area contributed by atoms with E-state index in [1.165, 1.54) is 0 Å². The third-order valence-corrected chi connectivity index (χ3v) is 1.59. The molecule has 0 aromatic rings. The van der Waals surface area contributed by atoms with Gasteiger partial charge in [0.1, 0.15) is 6.07 Å². The number of aliphatic hydroxyl groups is 1. The van der Waals surface area contributed by atoms with Crippen LogP contribution >= 0.6 is 0 Å². The van der Waals surface area contributed by atoms with E-state index in [1.54, 1.807) is 6.07 Å².